The summed E-state index contributed by atoms with van der Waals surface area (Å²) in [4.78, 5) is 20.3. The highest BCUT2D eigenvalue weighted by molar-refractivity contribution is 6.33. The summed E-state index contributed by atoms with van der Waals surface area (Å²) in [6.07, 6.45) is 4.07. The molecule has 6 nitrogen and oxygen atoms in total. The first-order chi connectivity index (χ1) is 10.1. The normalized spacial score (nSPS) is 27.0. The second-order valence-corrected chi connectivity index (χ2v) is 5.91. The van der Waals surface area contributed by atoms with E-state index in [2.05, 4.69) is 14.8 Å². The Hall–Kier alpha value is -1.37. The van der Waals surface area contributed by atoms with E-state index in [1.54, 1.807) is 12.4 Å². The van der Waals surface area contributed by atoms with Gasteiger partial charge in [-0.2, -0.15) is 0 Å². The largest absolute Gasteiger partial charge is 0.379 e. The molecule has 2 aliphatic rings. The van der Waals surface area contributed by atoms with E-state index in [0.717, 1.165) is 31.9 Å². The fourth-order valence-electron chi connectivity index (χ4n) is 3.15. The molecule has 2 saturated heterocycles. The molecule has 2 aliphatic heterocycles. The second-order valence-electron chi connectivity index (χ2n) is 5.50. The van der Waals surface area contributed by atoms with E-state index in [-0.39, 0.29) is 5.91 Å². The Morgan fingerprint density at radius 2 is 2.14 bits per heavy atom. The molecule has 2 N–H and O–H groups in total. The minimum atomic E-state index is -0.631. The lowest BCUT2D eigenvalue weighted by molar-refractivity contribution is -0.130. The predicted octanol–water partition coefficient (Wildman–Crippen LogP) is 0.501. The van der Waals surface area contributed by atoms with Crippen molar-refractivity contribution in [1.29, 1.82) is 0 Å². The van der Waals surface area contributed by atoms with Crippen LogP contribution in [0.1, 0.15) is 6.42 Å². The van der Waals surface area contributed by atoms with Crippen LogP contribution in [0.5, 0.6) is 0 Å². The van der Waals surface area contributed by atoms with E-state index in [1.165, 1.54) is 0 Å². The molecule has 0 spiro atoms. The molecule has 0 aliphatic carbocycles. The Morgan fingerprint density at radius 1 is 1.38 bits per heavy atom. The van der Waals surface area contributed by atoms with Crippen LogP contribution in [-0.4, -0.2) is 60.7 Å². The summed E-state index contributed by atoms with van der Waals surface area (Å²) in [5.74, 6) is -0.282. The lowest BCUT2D eigenvalue weighted by atomic mass is 9.94. The maximum absolute atomic E-state index is 11.9. The number of anilines is 1. The van der Waals surface area contributed by atoms with E-state index >= 15 is 0 Å². The third kappa shape index (κ3) is 2.59. The van der Waals surface area contributed by atoms with Crippen molar-refractivity contribution in [3.8, 4) is 0 Å². The summed E-state index contributed by atoms with van der Waals surface area (Å²) in [5.41, 5.74) is 5.99. The molecule has 2 fully saturated rings. The molecular weight excluding hydrogens is 292 g/mol. The van der Waals surface area contributed by atoms with Crippen molar-refractivity contribution in [3.63, 3.8) is 0 Å². The van der Waals surface area contributed by atoms with Crippen LogP contribution in [0.2, 0.25) is 5.02 Å². The number of nitrogens with two attached hydrogens (primary N) is 1. The third-order valence-corrected chi connectivity index (χ3v) is 4.73. The number of nitrogens with zero attached hydrogens (tertiary/aromatic N) is 3. The quantitative estimate of drug-likeness (QED) is 0.880. The van der Waals surface area contributed by atoms with Gasteiger partial charge < -0.3 is 15.4 Å². The molecule has 0 radical (unpaired) electrons. The van der Waals surface area contributed by atoms with Crippen LogP contribution in [-0.2, 0) is 9.53 Å². The van der Waals surface area contributed by atoms with Crippen LogP contribution >= 0.6 is 11.6 Å². The van der Waals surface area contributed by atoms with Gasteiger partial charge in [-0.3, -0.25) is 14.7 Å². The number of halogens is 1. The van der Waals surface area contributed by atoms with Gasteiger partial charge in [-0.05, 0) is 6.07 Å². The number of hydrogen-bond acceptors (Lipinski definition) is 5. The van der Waals surface area contributed by atoms with Gasteiger partial charge in [0.2, 0.25) is 5.91 Å². The smallest absolute Gasteiger partial charge is 0.240 e. The van der Waals surface area contributed by atoms with Gasteiger partial charge in [-0.1, -0.05) is 11.6 Å². The molecule has 1 aromatic rings. The first kappa shape index (κ1) is 14.6. The molecule has 0 aromatic carbocycles. The van der Waals surface area contributed by atoms with Crippen LogP contribution in [0, 0.1) is 0 Å². The van der Waals surface area contributed by atoms with Gasteiger partial charge in [0.25, 0.3) is 0 Å². The Morgan fingerprint density at radius 3 is 2.71 bits per heavy atom. The second kappa shape index (κ2) is 5.79. The zero-order valence-corrected chi connectivity index (χ0v) is 12.6. The Labute approximate surface area is 128 Å². The molecule has 0 bridgehead atoms. The Kier molecular flexibility index (Phi) is 4.01. The average molecular weight is 311 g/mol. The van der Waals surface area contributed by atoms with Gasteiger partial charge in [-0.15, -0.1) is 0 Å². The van der Waals surface area contributed by atoms with Crippen LogP contribution in [0.4, 0.5) is 5.69 Å². The molecule has 1 amide bonds. The standard InChI is InChI=1S/C14H19ClN4O2/c15-11-9-17-3-1-12(11)18-4-6-19(7-5-18)14(13(16)20)2-8-21-10-14/h1,3,9H,2,4-8,10H2,(H2,16,20). The molecule has 3 rings (SSSR count). The van der Waals surface area contributed by atoms with E-state index in [1.807, 2.05) is 6.07 Å². The van der Waals surface area contributed by atoms with Crippen molar-refractivity contribution >= 4 is 23.2 Å². The highest BCUT2D eigenvalue weighted by Gasteiger charge is 2.46. The van der Waals surface area contributed by atoms with Crippen molar-refractivity contribution in [2.45, 2.75) is 12.0 Å². The summed E-state index contributed by atoms with van der Waals surface area (Å²) < 4.78 is 5.42. The number of aromatic nitrogens is 1. The van der Waals surface area contributed by atoms with Crippen LogP contribution in [0.15, 0.2) is 18.5 Å². The number of ether oxygens (including phenoxy) is 1. The van der Waals surface area contributed by atoms with Crippen molar-refractivity contribution in [1.82, 2.24) is 9.88 Å². The summed E-state index contributed by atoms with van der Waals surface area (Å²) in [6, 6.07) is 1.92. The average Bonchev–Trinajstić information content (AvgIpc) is 2.99. The summed E-state index contributed by atoms with van der Waals surface area (Å²) in [5, 5.41) is 0.653. The number of amides is 1. The summed E-state index contributed by atoms with van der Waals surface area (Å²) in [7, 11) is 0. The van der Waals surface area contributed by atoms with Crippen LogP contribution in [0.3, 0.4) is 0 Å². The fraction of sp³-hybridized carbons (Fsp3) is 0.571. The van der Waals surface area contributed by atoms with Gasteiger partial charge in [0.05, 0.1) is 17.3 Å². The first-order valence-corrected chi connectivity index (χ1v) is 7.48. The molecule has 1 atom stereocenters. The maximum atomic E-state index is 11.9. The van der Waals surface area contributed by atoms with E-state index < -0.39 is 5.54 Å². The van der Waals surface area contributed by atoms with E-state index in [9.17, 15) is 4.79 Å². The van der Waals surface area contributed by atoms with Gasteiger partial charge in [0.15, 0.2) is 0 Å². The summed E-state index contributed by atoms with van der Waals surface area (Å²) in [6.45, 7) is 4.14. The number of pyridine rings is 1. The highest BCUT2D eigenvalue weighted by atomic mass is 35.5. The number of carbonyl (C=O) groups is 1. The van der Waals surface area contributed by atoms with Crippen molar-refractivity contribution in [2.75, 3.05) is 44.3 Å². The lowest BCUT2D eigenvalue weighted by Crippen LogP contribution is -2.63. The van der Waals surface area contributed by atoms with Crippen LogP contribution < -0.4 is 10.6 Å². The molecule has 7 heteroatoms. The van der Waals surface area contributed by atoms with Gasteiger partial charge in [0, 0.05) is 51.6 Å². The van der Waals surface area contributed by atoms with Gasteiger partial charge in [0.1, 0.15) is 5.54 Å². The minimum absolute atomic E-state index is 0.282. The number of rotatable bonds is 3. The molecular formula is C14H19ClN4O2. The monoisotopic (exact) mass is 310 g/mol. The van der Waals surface area contributed by atoms with Gasteiger partial charge in [-0.25, -0.2) is 0 Å². The van der Waals surface area contributed by atoms with Crippen molar-refractivity contribution < 1.29 is 9.53 Å². The Balaban J connectivity index is 1.70. The summed E-state index contributed by atoms with van der Waals surface area (Å²) >= 11 is 6.19. The predicted molar refractivity (Wildman–Crippen MR) is 80.4 cm³/mol. The first-order valence-electron chi connectivity index (χ1n) is 7.11. The van der Waals surface area contributed by atoms with Crippen molar-refractivity contribution in [3.05, 3.63) is 23.5 Å². The molecule has 1 unspecified atom stereocenters. The lowest BCUT2D eigenvalue weighted by Gasteiger charge is -2.44. The number of piperazine rings is 1. The van der Waals surface area contributed by atoms with Crippen molar-refractivity contribution in [2.24, 2.45) is 5.73 Å². The number of hydrogen-bond donors (Lipinski definition) is 1. The maximum Gasteiger partial charge on any atom is 0.240 e. The van der Waals surface area contributed by atoms with E-state index in [0.29, 0.717) is 24.7 Å². The van der Waals surface area contributed by atoms with Gasteiger partial charge >= 0.3 is 0 Å². The Bertz CT molecular complexity index is 525. The minimum Gasteiger partial charge on any atom is -0.379 e. The fourth-order valence-corrected chi connectivity index (χ4v) is 3.39. The zero-order valence-electron chi connectivity index (χ0n) is 11.8. The molecule has 1 aromatic heterocycles. The molecule has 3 heterocycles. The third-order valence-electron chi connectivity index (χ3n) is 4.44. The molecule has 21 heavy (non-hydrogen) atoms. The van der Waals surface area contributed by atoms with Crippen LogP contribution in [0.25, 0.3) is 0 Å². The zero-order chi connectivity index (χ0) is 14.9. The highest BCUT2D eigenvalue weighted by Crippen LogP contribution is 2.30. The van der Waals surface area contributed by atoms with E-state index in [4.69, 9.17) is 22.1 Å². The number of primary amides is 1. The SMILES string of the molecule is NC(=O)C1(N2CCN(c3ccncc3Cl)CC2)CCOC1. The molecule has 114 valence electrons. The molecule has 0 saturated carbocycles. The number of carbonyl (C=O) groups excluding carboxylic acids is 1. The topological polar surface area (TPSA) is 71.7 Å².